The SMILES string of the molecule is CC(N)Cc1cc(F)ccc1SCc1ccco1. The van der Waals surface area contributed by atoms with E-state index in [4.69, 9.17) is 10.2 Å². The van der Waals surface area contributed by atoms with Crippen LogP contribution in [0.25, 0.3) is 0 Å². The average molecular weight is 265 g/mol. The zero-order valence-electron chi connectivity index (χ0n) is 10.2. The summed E-state index contributed by atoms with van der Waals surface area (Å²) >= 11 is 1.64. The summed E-state index contributed by atoms with van der Waals surface area (Å²) in [4.78, 5) is 1.06. The Hall–Kier alpha value is -1.26. The fraction of sp³-hybridized carbons (Fsp3) is 0.286. The van der Waals surface area contributed by atoms with E-state index in [1.807, 2.05) is 19.1 Å². The Labute approximate surface area is 110 Å². The second-order valence-electron chi connectivity index (χ2n) is 4.30. The molecule has 2 nitrogen and oxygen atoms in total. The van der Waals surface area contributed by atoms with Gasteiger partial charge in [0.25, 0.3) is 0 Å². The van der Waals surface area contributed by atoms with Crippen LogP contribution in [0, 0.1) is 5.82 Å². The minimum absolute atomic E-state index is 0.0229. The summed E-state index contributed by atoms with van der Waals surface area (Å²) in [5, 5.41) is 0. The number of nitrogens with two attached hydrogens (primary N) is 1. The van der Waals surface area contributed by atoms with E-state index >= 15 is 0 Å². The van der Waals surface area contributed by atoms with Crippen molar-refractivity contribution in [3.05, 3.63) is 53.7 Å². The van der Waals surface area contributed by atoms with Gasteiger partial charge >= 0.3 is 0 Å². The highest BCUT2D eigenvalue weighted by molar-refractivity contribution is 7.98. The van der Waals surface area contributed by atoms with Crippen LogP contribution in [-0.4, -0.2) is 6.04 Å². The molecule has 96 valence electrons. The van der Waals surface area contributed by atoms with E-state index < -0.39 is 0 Å². The lowest BCUT2D eigenvalue weighted by molar-refractivity contribution is 0.530. The zero-order chi connectivity index (χ0) is 13.0. The smallest absolute Gasteiger partial charge is 0.123 e. The molecule has 1 aromatic heterocycles. The Balaban J connectivity index is 2.10. The van der Waals surface area contributed by atoms with Crippen molar-refractivity contribution in [1.29, 1.82) is 0 Å². The summed E-state index contributed by atoms with van der Waals surface area (Å²) in [5.74, 6) is 1.44. The van der Waals surface area contributed by atoms with Gasteiger partial charge in [0.15, 0.2) is 0 Å². The fourth-order valence-electron chi connectivity index (χ4n) is 1.74. The Morgan fingerprint density at radius 3 is 2.89 bits per heavy atom. The van der Waals surface area contributed by atoms with Crippen LogP contribution in [0.3, 0.4) is 0 Å². The third-order valence-electron chi connectivity index (χ3n) is 2.51. The van der Waals surface area contributed by atoms with Crippen LogP contribution >= 0.6 is 11.8 Å². The second kappa shape index (κ2) is 6.07. The van der Waals surface area contributed by atoms with Crippen molar-refractivity contribution < 1.29 is 8.81 Å². The Bertz CT molecular complexity index is 497. The molecule has 18 heavy (non-hydrogen) atoms. The summed E-state index contributed by atoms with van der Waals surface area (Å²) in [6.07, 6.45) is 2.33. The third kappa shape index (κ3) is 3.62. The van der Waals surface area contributed by atoms with Crippen molar-refractivity contribution in [2.45, 2.75) is 30.0 Å². The highest BCUT2D eigenvalue weighted by Crippen LogP contribution is 2.27. The van der Waals surface area contributed by atoms with Gasteiger partial charge in [-0.1, -0.05) is 0 Å². The number of thioether (sulfide) groups is 1. The van der Waals surface area contributed by atoms with Crippen LogP contribution in [0.1, 0.15) is 18.2 Å². The van der Waals surface area contributed by atoms with Crippen LogP contribution in [0.4, 0.5) is 4.39 Å². The Morgan fingerprint density at radius 1 is 1.39 bits per heavy atom. The van der Waals surface area contributed by atoms with Crippen LogP contribution in [0.2, 0.25) is 0 Å². The molecule has 2 rings (SSSR count). The number of furan rings is 1. The minimum atomic E-state index is -0.215. The van der Waals surface area contributed by atoms with Crippen LogP contribution in [-0.2, 0) is 12.2 Å². The van der Waals surface area contributed by atoms with Crippen LogP contribution < -0.4 is 5.73 Å². The molecule has 0 amide bonds. The zero-order valence-corrected chi connectivity index (χ0v) is 11.0. The quantitative estimate of drug-likeness (QED) is 0.839. The molecule has 0 aliphatic rings. The summed E-state index contributed by atoms with van der Waals surface area (Å²) in [6.45, 7) is 1.92. The van der Waals surface area contributed by atoms with Gasteiger partial charge in [-0.25, -0.2) is 4.39 Å². The first-order valence-corrected chi connectivity index (χ1v) is 6.83. The van der Waals surface area contributed by atoms with E-state index in [9.17, 15) is 4.39 Å². The molecule has 0 saturated carbocycles. The maximum Gasteiger partial charge on any atom is 0.123 e. The Morgan fingerprint density at radius 2 is 2.22 bits per heavy atom. The molecule has 0 aliphatic heterocycles. The minimum Gasteiger partial charge on any atom is -0.468 e. The topological polar surface area (TPSA) is 39.2 Å². The molecular formula is C14H16FNOS. The summed E-state index contributed by atoms with van der Waals surface area (Å²) < 4.78 is 18.5. The standard InChI is InChI=1S/C14H16FNOS/c1-10(16)7-11-8-12(15)4-5-14(11)18-9-13-3-2-6-17-13/h2-6,8,10H,7,9,16H2,1H3. The van der Waals surface area contributed by atoms with Gasteiger partial charge in [0.1, 0.15) is 11.6 Å². The van der Waals surface area contributed by atoms with Gasteiger partial charge in [0, 0.05) is 10.9 Å². The highest BCUT2D eigenvalue weighted by atomic mass is 32.2. The molecule has 1 unspecified atom stereocenters. The first-order chi connectivity index (χ1) is 8.65. The van der Waals surface area contributed by atoms with E-state index in [2.05, 4.69) is 0 Å². The van der Waals surface area contributed by atoms with E-state index in [1.54, 1.807) is 30.2 Å². The van der Waals surface area contributed by atoms with Crippen molar-refractivity contribution in [2.75, 3.05) is 0 Å². The lowest BCUT2D eigenvalue weighted by atomic mass is 10.1. The van der Waals surface area contributed by atoms with Gasteiger partial charge in [-0.3, -0.25) is 0 Å². The highest BCUT2D eigenvalue weighted by Gasteiger charge is 2.08. The molecule has 1 atom stereocenters. The molecule has 1 heterocycles. The fourth-order valence-corrected chi connectivity index (χ4v) is 2.69. The molecule has 0 spiro atoms. The van der Waals surface area contributed by atoms with Gasteiger partial charge < -0.3 is 10.2 Å². The number of halogens is 1. The summed E-state index contributed by atoms with van der Waals surface area (Å²) in [5.41, 5.74) is 6.74. The second-order valence-corrected chi connectivity index (χ2v) is 5.32. The lowest BCUT2D eigenvalue weighted by Crippen LogP contribution is -2.18. The van der Waals surface area contributed by atoms with Crippen molar-refractivity contribution in [3.63, 3.8) is 0 Å². The average Bonchev–Trinajstić information content (AvgIpc) is 2.80. The molecule has 0 bridgehead atoms. The van der Waals surface area contributed by atoms with Crippen LogP contribution in [0.15, 0.2) is 45.9 Å². The molecular weight excluding hydrogens is 249 g/mol. The summed E-state index contributed by atoms with van der Waals surface area (Å²) in [7, 11) is 0. The predicted octanol–water partition coefficient (Wildman–Crippen LogP) is 3.60. The molecule has 0 fully saturated rings. The molecule has 0 aliphatic carbocycles. The summed E-state index contributed by atoms with van der Waals surface area (Å²) in [6, 6.07) is 8.67. The number of benzene rings is 1. The lowest BCUT2D eigenvalue weighted by Gasteiger charge is -2.11. The molecule has 2 aromatic rings. The van der Waals surface area contributed by atoms with Crippen LogP contribution in [0.5, 0.6) is 0 Å². The van der Waals surface area contributed by atoms with Crippen molar-refractivity contribution in [1.82, 2.24) is 0 Å². The Kier molecular flexibility index (Phi) is 4.44. The largest absolute Gasteiger partial charge is 0.468 e. The predicted molar refractivity (Wildman–Crippen MR) is 72.0 cm³/mol. The number of hydrogen-bond donors (Lipinski definition) is 1. The first-order valence-electron chi connectivity index (χ1n) is 5.84. The van der Waals surface area contributed by atoms with Gasteiger partial charge in [0.05, 0.1) is 12.0 Å². The monoisotopic (exact) mass is 265 g/mol. The molecule has 4 heteroatoms. The van der Waals surface area contributed by atoms with E-state index in [-0.39, 0.29) is 11.9 Å². The normalized spacial score (nSPS) is 12.6. The third-order valence-corrected chi connectivity index (χ3v) is 3.65. The first kappa shape index (κ1) is 13.2. The van der Waals surface area contributed by atoms with E-state index in [0.29, 0.717) is 6.42 Å². The van der Waals surface area contributed by atoms with Crippen molar-refractivity contribution in [2.24, 2.45) is 5.73 Å². The number of hydrogen-bond acceptors (Lipinski definition) is 3. The maximum absolute atomic E-state index is 13.2. The van der Waals surface area contributed by atoms with E-state index in [1.165, 1.54) is 6.07 Å². The van der Waals surface area contributed by atoms with Crippen molar-refractivity contribution >= 4 is 11.8 Å². The van der Waals surface area contributed by atoms with Gasteiger partial charge in [-0.05, 0) is 49.2 Å². The molecule has 1 aromatic carbocycles. The maximum atomic E-state index is 13.2. The van der Waals surface area contributed by atoms with Gasteiger partial charge in [-0.2, -0.15) is 0 Å². The van der Waals surface area contributed by atoms with E-state index in [0.717, 1.165) is 22.0 Å². The van der Waals surface area contributed by atoms with Crippen molar-refractivity contribution in [3.8, 4) is 0 Å². The van der Waals surface area contributed by atoms with Gasteiger partial charge in [0.2, 0.25) is 0 Å². The molecule has 0 saturated heterocycles. The van der Waals surface area contributed by atoms with Gasteiger partial charge in [-0.15, -0.1) is 11.8 Å². The molecule has 0 radical (unpaired) electrons. The number of rotatable bonds is 5. The molecule has 2 N–H and O–H groups in total.